The van der Waals surface area contributed by atoms with Gasteiger partial charge in [-0.25, -0.2) is 5.01 Å². The van der Waals surface area contributed by atoms with Crippen molar-refractivity contribution in [2.45, 2.75) is 19.4 Å². The van der Waals surface area contributed by atoms with Crippen LogP contribution in [-0.4, -0.2) is 40.5 Å². The molecule has 0 spiro atoms. The molecule has 1 fully saturated rings. The van der Waals surface area contributed by atoms with Crippen molar-refractivity contribution in [1.82, 2.24) is 10.4 Å². The Morgan fingerprint density at radius 1 is 1.03 bits per heavy atom. The van der Waals surface area contributed by atoms with Gasteiger partial charge in [-0.1, -0.05) is 40.2 Å². The first-order chi connectivity index (χ1) is 17.4. The molecule has 0 radical (unpaired) electrons. The van der Waals surface area contributed by atoms with E-state index in [4.69, 9.17) is 17.0 Å². The van der Waals surface area contributed by atoms with Gasteiger partial charge in [0.2, 0.25) is 11.0 Å². The molecule has 3 aromatic rings. The lowest BCUT2D eigenvalue weighted by molar-refractivity contribution is -0.124. The van der Waals surface area contributed by atoms with Crippen LogP contribution in [-0.2, 0) is 9.59 Å². The number of benzene rings is 3. The zero-order chi connectivity index (χ0) is 25.7. The molecule has 3 aromatic carbocycles. The number of hydrazine groups is 1. The smallest absolute Gasteiger partial charge is 0.269 e. The number of amides is 3. The van der Waals surface area contributed by atoms with Crippen LogP contribution in [0.5, 0.6) is 5.75 Å². The number of nitrogens with one attached hydrogen (secondary N) is 2. The van der Waals surface area contributed by atoms with Crippen molar-refractivity contribution < 1.29 is 19.1 Å². The van der Waals surface area contributed by atoms with Gasteiger partial charge in [0.25, 0.3) is 11.8 Å². The molecule has 1 saturated heterocycles. The standard InChI is InChI=1S/C26H23BrN4O4S/c1-2-35-21-10-6-7-19(15-21)28-23(32)16-22-25(34)30(20-8-4-3-5-9-20)26(36)31(22)29-24(33)17-11-13-18(27)14-12-17/h3-15,22H,2,16H2,1H3,(H,28,32)(H,29,33). The zero-order valence-electron chi connectivity index (χ0n) is 19.3. The summed E-state index contributed by atoms with van der Waals surface area (Å²) in [7, 11) is 0. The van der Waals surface area contributed by atoms with Crippen LogP contribution in [0, 0.1) is 0 Å². The number of hydrogen-bond acceptors (Lipinski definition) is 5. The second-order valence-corrected chi connectivity index (χ2v) is 9.12. The summed E-state index contributed by atoms with van der Waals surface area (Å²) in [6.07, 6.45) is -0.234. The highest BCUT2D eigenvalue weighted by Gasteiger charge is 2.45. The summed E-state index contributed by atoms with van der Waals surface area (Å²) < 4.78 is 6.30. The molecule has 36 heavy (non-hydrogen) atoms. The van der Waals surface area contributed by atoms with Gasteiger partial charge in [-0.3, -0.25) is 24.7 Å². The maximum Gasteiger partial charge on any atom is 0.269 e. The molecule has 10 heteroatoms. The Hall–Kier alpha value is -3.76. The minimum atomic E-state index is -1.04. The predicted octanol–water partition coefficient (Wildman–Crippen LogP) is 4.52. The molecule has 1 heterocycles. The molecule has 8 nitrogen and oxygen atoms in total. The number of carbonyl (C=O) groups is 3. The van der Waals surface area contributed by atoms with Crippen LogP contribution < -0.4 is 20.4 Å². The summed E-state index contributed by atoms with van der Waals surface area (Å²) in [6.45, 7) is 2.36. The number of thiocarbonyl (C=S) groups is 1. The van der Waals surface area contributed by atoms with Crippen LogP contribution >= 0.6 is 28.1 Å². The summed E-state index contributed by atoms with van der Waals surface area (Å²) in [5.41, 5.74) is 4.17. The van der Waals surface area contributed by atoms with Crippen molar-refractivity contribution in [3.05, 3.63) is 88.9 Å². The molecular weight excluding hydrogens is 544 g/mol. The molecular formula is C26H23BrN4O4S. The third kappa shape index (κ3) is 5.72. The molecule has 3 amide bonds. The molecule has 1 aliphatic rings. The van der Waals surface area contributed by atoms with Crippen molar-refractivity contribution >= 4 is 62.4 Å². The van der Waals surface area contributed by atoms with Crippen molar-refractivity contribution in [2.75, 3.05) is 16.8 Å². The predicted molar refractivity (Wildman–Crippen MR) is 145 cm³/mol. The Bertz CT molecular complexity index is 1290. The fourth-order valence-electron chi connectivity index (χ4n) is 3.71. The van der Waals surface area contributed by atoms with Gasteiger partial charge in [-0.2, -0.15) is 0 Å². The van der Waals surface area contributed by atoms with E-state index in [9.17, 15) is 14.4 Å². The number of nitrogens with zero attached hydrogens (tertiary/aromatic N) is 2. The SMILES string of the molecule is CCOc1cccc(NC(=O)CC2C(=O)N(c3ccccc3)C(=S)N2NC(=O)c2ccc(Br)cc2)c1. The summed E-state index contributed by atoms with van der Waals surface area (Å²) in [5.74, 6) is -0.669. The Balaban J connectivity index is 1.57. The van der Waals surface area contributed by atoms with Crippen molar-refractivity contribution in [3.8, 4) is 5.75 Å². The highest BCUT2D eigenvalue weighted by Crippen LogP contribution is 2.27. The molecule has 1 unspecified atom stereocenters. The number of rotatable bonds is 8. The van der Waals surface area contributed by atoms with Crippen molar-refractivity contribution in [2.24, 2.45) is 0 Å². The summed E-state index contributed by atoms with van der Waals surface area (Å²) >= 11 is 8.92. The molecule has 1 aliphatic heterocycles. The highest BCUT2D eigenvalue weighted by molar-refractivity contribution is 9.10. The van der Waals surface area contributed by atoms with E-state index in [1.54, 1.807) is 72.8 Å². The van der Waals surface area contributed by atoms with E-state index >= 15 is 0 Å². The summed E-state index contributed by atoms with van der Waals surface area (Å²) in [6, 6.07) is 21.5. The lowest BCUT2D eigenvalue weighted by atomic mass is 10.1. The second kappa shape index (κ2) is 11.3. The fourth-order valence-corrected chi connectivity index (χ4v) is 4.34. The number of hydrogen-bond donors (Lipinski definition) is 2. The topological polar surface area (TPSA) is 91.0 Å². The number of ether oxygens (including phenoxy) is 1. The minimum absolute atomic E-state index is 0.0767. The van der Waals surface area contributed by atoms with Gasteiger partial charge in [0.15, 0.2) is 0 Å². The molecule has 4 rings (SSSR count). The van der Waals surface area contributed by atoms with Crippen LogP contribution in [0.1, 0.15) is 23.7 Å². The zero-order valence-corrected chi connectivity index (χ0v) is 21.7. The first kappa shape index (κ1) is 25.3. The van der Waals surface area contributed by atoms with E-state index < -0.39 is 23.8 Å². The first-order valence-corrected chi connectivity index (χ1v) is 12.4. The van der Waals surface area contributed by atoms with E-state index in [-0.39, 0.29) is 11.5 Å². The minimum Gasteiger partial charge on any atom is -0.494 e. The Labute approximate surface area is 222 Å². The Kier molecular flexibility index (Phi) is 7.97. The lowest BCUT2D eigenvalue weighted by Gasteiger charge is -2.24. The average molecular weight is 567 g/mol. The molecule has 1 atom stereocenters. The van der Waals surface area contributed by atoms with E-state index in [2.05, 4.69) is 26.7 Å². The van der Waals surface area contributed by atoms with Crippen molar-refractivity contribution in [3.63, 3.8) is 0 Å². The van der Waals surface area contributed by atoms with Crippen LogP contribution in [0.4, 0.5) is 11.4 Å². The quantitative estimate of drug-likeness (QED) is 0.389. The van der Waals surface area contributed by atoms with Gasteiger partial charge in [0.1, 0.15) is 11.8 Å². The van der Waals surface area contributed by atoms with E-state index in [1.807, 2.05) is 13.0 Å². The lowest BCUT2D eigenvalue weighted by Crippen LogP contribution is -2.49. The van der Waals surface area contributed by atoms with Gasteiger partial charge < -0.3 is 10.1 Å². The number of carbonyl (C=O) groups excluding carboxylic acids is 3. The maximum absolute atomic E-state index is 13.5. The molecule has 184 valence electrons. The van der Waals surface area contributed by atoms with Crippen LogP contribution in [0.15, 0.2) is 83.3 Å². The average Bonchev–Trinajstić information content (AvgIpc) is 3.09. The molecule has 0 aromatic heterocycles. The van der Waals surface area contributed by atoms with E-state index in [1.165, 1.54) is 9.91 Å². The molecule has 2 N–H and O–H groups in total. The largest absolute Gasteiger partial charge is 0.494 e. The van der Waals surface area contributed by atoms with Gasteiger partial charge >= 0.3 is 0 Å². The first-order valence-electron chi connectivity index (χ1n) is 11.2. The van der Waals surface area contributed by atoms with Gasteiger partial charge in [-0.15, -0.1) is 0 Å². The monoisotopic (exact) mass is 566 g/mol. The molecule has 0 aliphatic carbocycles. The second-order valence-electron chi connectivity index (χ2n) is 7.84. The number of para-hydroxylation sites is 1. The maximum atomic E-state index is 13.5. The normalized spacial score (nSPS) is 15.1. The van der Waals surface area contributed by atoms with E-state index in [0.717, 1.165) is 4.47 Å². The molecule has 0 saturated carbocycles. The van der Waals surface area contributed by atoms with Crippen molar-refractivity contribution in [1.29, 1.82) is 0 Å². The van der Waals surface area contributed by atoms with Gasteiger partial charge in [0, 0.05) is 21.8 Å². The van der Waals surface area contributed by atoms with Crippen LogP contribution in [0.3, 0.4) is 0 Å². The third-order valence-electron chi connectivity index (χ3n) is 5.36. The van der Waals surface area contributed by atoms with E-state index in [0.29, 0.717) is 29.3 Å². The van der Waals surface area contributed by atoms with Crippen LogP contribution in [0.2, 0.25) is 0 Å². The Morgan fingerprint density at radius 2 is 1.75 bits per heavy atom. The third-order valence-corrected chi connectivity index (χ3v) is 6.27. The Morgan fingerprint density at radius 3 is 2.44 bits per heavy atom. The number of anilines is 2. The van der Waals surface area contributed by atoms with Gasteiger partial charge in [0.05, 0.1) is 18.7 Å². The van der Waals surface area contributed by atoms with Gasteiger partial charge in [-0.05, 0) is 67.7 Å². The fraction of sp³-hybridized carbons (Fsp3) is 0.154. The summed E-state index contributed by atoms with van der Waals surface area (Å²) in [4.78, 5) is 40.7. The summed E-state index contributed by atoms with van der Waals surface area (Å²) in [5, 5.41) is 4.15. The van der Waals surface area contributed by atoms with Crippen LogP contribution in [0.25, 0.3) is 0 Å². The highest BCUT2D eigenvalue weighted by atomic mass is 79.9. The molecule has 0 bridgehead atoms. The number of halogens is 1.